The van der Waals surface area contributed by atoms with Gasteiger partial charge in [-0.15, -0.1) is 10.2 Å². The molecule has 0 spiro atoms. The molecule has 4 heterocycles. The lowest BCUT2D eigenvalue weighted by atomic mass is 10.1. The van der Waals surface area contributed by atoms with E-state index in [1.807, 2.05) is 4.90 Å². The molecule has 1 unspecified atom stereocenters. The third-order valence-electron chi connectivity index (χ3n) is 5.81. The summed E-state index contributed by atoms with van der Waals surface area (Å²) in [5.41, 5.74) is -1.10. The Morgan fingerprint density at radius 3 is 2.76 bits per heavy atom. The zero-order valence-corrected chi connectivity index (χ0v) is 15.2. The molecule has 0 radical (unpaired) electrons. The van der Waals surface area contributed by atoms with Gasteiger partial charge < -0.3 is 4.90 Å². The van der Waals surface area contributed by atoms with Crippen LogP contribution in [0.5, 0.6) is 0 Å². The quantitative estimate of drug-likeness (QED) is 0.619. The van der Waals surface area contributed by atoms with Gasteiger partial charge in [0.15, 0.2) is 11.6 Å². The summed E-state index contributed by atoms with van der Waals surface area (Å²) in [6, 6.07) is 1.63. The summed E-state index contributed by atoms with van der Waals surface area (Å²) in [4.78, 5) is 8.76. The average Bonchev–Trinajstić information content (AvgIpc) is 3.36. The van der Waals surface area contributed by atoms with Crippen LogP contribution in [0.3, 0.4) is 0 Å². The number of hydrogen-bond donors (Lipinski definition) is 0. The number of aromatic nitrogens is 4. The average molecular weight is 412 g/mol. The van der Waals surface area contributed by atoms with E-state index in [2.05, 4.69) is 20.1 Å². The van der Waals surface area contributed by atoms with Gasteiger partial charge in [-0.25, -0.2) is 18.2 Å². The van der Waals surface area contributed by atoms with Crippen molar-refractivity contribution in [2.24, 2.45) is 0 Å². The normalized spacial score (nSPS) is 20.9. The number of alkyl halides is 4. The Bertz CT molecular complexity index is 1080. The van der Waals surface area contributed by atoms with Crippen molar-refractivity contribution in [3.05, 3.63) is 29.8 Å². The van der Waals surface area contributed by atoms with Crippen molar-refractivity contribution >= 4 is 22.5 Å². The van der Waals surface area contributed by atoms with Crippen molar-refractivity contribution in [1.29, 1.82) is 0 Å². The predicted octanol–water partition coefficient (Wildman–Crippen LogP) is 3.06. The van der Waals surface area contributed by atoms with E-state index in [1.54, 1.807) is 0 Å². The van der Waals surface area contributed by atoms with Crippen molar-refractivity contribution < 1.29 is 22.0 Å². The van der Waals surface area contributed by atoms with Crippen molar-refractivity contribution in [2.75, 3.05) is 31.1 Å². The number of fused-ring (bicyclic) bond motifs is 4. The molecule has 0 saturated carbocycles. The SMILES string of the molecule is Fc1cc(C(F)(F)C(F)F)cc2c1nc(N1CCN3CCCC3C1)c1nncn12. The standard InChI is InChI=1S/C18H17F5N6/c19-12-6-10(18(22,23)17(20)21)7-13-14(12)25-15(16-26-24-9-29(13)16)28-5-4-27-3-1-2-11(27)8-28/h6-7,9,11,17H,1-5,8H2. The summed E-state index contributed by atoms with van der Waals surface area (Å²) in [5.74, 6) is -5.16. The molecule has 0 N–H and O–H groups in total. The summed E-state index contributed by atoms with van der Waals surface area (Å²) >= 11 is 0. The zero-order chi connectivity index (χ0) is 20.3. The van der Waals surface area contributed by atoms with E-state index in [9.17, 15) is 22.0 Å². The maximum absolute atomic E-state index is 14.7. The van der Waals surface area contributed by atoms with E-state index in [-0.39, 0.29) is 16.7 Å². The molecular formula is C18H17F5N6. The van der Waals surface area contributed by atoms with Gasteiger partial charge in [-0.05, 0) is 31.5 Å². The molecule has 2 saturated heterocycles. The highest BCUT2D eigenvalue weighted by atomic mass is 19.3. The number of piperazine rings is 1. The van der Waals surface area contributed by atoms with E-state index >= 15 is 0 Å². The highest BCUT2D eigenvalue weighted by Gasteiger charge is 2.43. The summed E-state index contributed by atoms with van der Waals surface area (Å²) in [6.45, 7) is 3.26. The number of nitrogens with zero attached hydrogens (tertiary/aromatic N) is 6. The van der Waals surface area contributed by atoms with Gasteiger partial charge in [0.05, 0.1) is 5.52 Å². The second-order valence-corrected chi connectivity index (χ2v) is 7.49. The Morgan fingerprint density at radius 1 is 1.14 bits per heavy atom. The number of hydrogen-bond acceptors (Lipinski definition) is 5. The lowest BCUT2D eigenvalue weighted by molar-refractivity contribution is -0.135. The fraction of sp³-hybridized carbons (Fsp3) is 0.500. The molecule has 154 valence electrons. The lowest BCUT2D eigenvalue weighted by Crippen LogP contribution is -2.50. The molecular weight excluding hydrogens is 395 g/mol. The van der Waals surface area contributed by atoms with Gasteiger partial charge in [0.25, 0.3) is 0 Å². The molecule has 29 heavy (non-hydrogen) atoms. The number of rotatable bonds is 3. The van der Waals surface area contributed by atoms with Crippen LogP contribution >= 0.6 is 0 Å². The molecule has 0 aliphatic carbocycles. The Morgan fingerprint density at radius 2 is 1.97 bits per heavy atom. The summed E-state index contributed by atoms with van der Waals surface area (Å²) in [7, 11) is 0. The predicted molar refractivity (Wildman–Crippen MR) is 95.0 cm³/mol. The lowest BCUT2D eigenvalue weighted by Gasteiger charge is -2.38. The van der Waals surface area contributed by atoms with Gasteiger partial charge in [-0.1, -0.05) is 0 Å². The van der Waals surface area contributed by atoms with Crippen LogP contribution in [0.2, 0.25) is 0 Å². The molecule has 3 aromatic rings. The molecule has 5 rings (SSSR count). The first kappa shape index (κ1) is 18.5. The summed E-state index contributed by atoms with van der Waals surface area (Å²) < 4.78 is 69.2. The molecule has 1 atom stereocenters. The van der Waals surface area contributed by atoms with Crippen molar-refractivity contribution in [1.82, 2.24) is 24.5 Å². The van der Waals surface area contributed by atoms with Crippen LogP contribution in [0.4, 0.5) is 27.8 Å². The van der Waals surface area contributed by atoms with Crippen LogP contribution in [0, 0.1) is 5.82 Å². The minimum atomic E-state index is -4.48. The minimum absolute atomic E-state index is 0.0800. The van der Waals surface area contributed by atoms with Crippen LogP contribution in [0.15, 0.2) is 18.5 Å². The van der Waals surface area contributed by atoms with Gasteiger partial charge in [-0.3, -0.25) is 9.30 Å². The second-order valence-electron chi connectivity index (χ2n) is 7.49. The molecule has 2 aliphatic rings. The molecule has 2 aromatic heterocycles. The van der Waals surface area contributed by atoms with E-state index in [0.29, 0.717) is 31.0 Å². The Balaban J connectivity index is 1.66. The largest absolute Gasteiger partial charge is 0.351 e. The first-order chi connectivity index (χ1) is 13.9. The number of benzene rings is 1. The second kappa shape index (κ2) is 6.48. The van der Waals surface area contributed by atoms with Crippen LogP contribution in [-0.2, 0) is 5.92 Å². The third kappa shape index (κ3) is 2.82. The molecule has 1 aromatic carbocycles. The van der Waals surface area contributed by atoms with Crippen LogP contribution in [0.25, 0.3) is 16.7 Å². The fourth-order valence-corrected chi connectivity index (χ4v) is 4.31. The van der Waals surface area contributed by atoms with E-state index < -0.39 is 23.7 Å². The molecule has 2 fully saturated rings. The molecule has 11 heteroatoms. The summed E-state index contributed by atoms with van der Waals surface area (Å²) in [5, 5.41) is 7.83. The first-order valence-electron chi connectivity index (χ1n) is 9.34. The molecule has 0 amide bonds. The number of halogens is 5. The monoisotopic (exact) mass is 412 g/mol. The maximum Gasteiger partial charge on any atom is 0.332 e. The third-order valence-corrected chi connectivity index (χ3v) is 5.81. The van der Waals surface area contributed by atoms with Gasteiger partial charge in [0, 0.05) is 31.2 Å². The fourth-order valence-electron chi connectivity index (χ4n) is 4.31. The van der Waals surface area contributed by atoms with E-state index in [0.717, 1.165) is 32.0 Å². The Hall–Kier alpha value is -2.56. The zero-order valence-electron chi connectivity index (χ0n) is 15.2. The van der Waals surface area contributed by atoms with Crippen molar-refractivity contribution in [3.63, 3.8) is 0 Å². The maximum atomic E-state index is 14.7. The Labute approximate surface area is 161 Å². The minimum Gasteiger partial charge on any atom is -0.351 e. The van der Waals surface area contributed by atoms with Crippen molar-refractivity contribution in [2.45, 2.75) is 31.2 Å². The van der Waals surface area contributed by atoms with Gasteiger partial charge in [0.1, 0.15) is 11.8 Å². The van der Waals surface area contributed by atoms with Crippen LogP contribution < -0.4 is 4.90 Å². The molecule has 2 aliphatic heterocycles. The van der Waals surface area contributed by atoms with Gasteiger partial charge in [-0.2, -0.15) is 8.78 Å². The summed E-state index contributed by atoms with van der Waals surface area (Å²) in [6.07, 6.45) is -0.517. The van der Waals surface area contributed by atoms with Crippen LogP contribution in [0.1, 0.15) is 18.4 Å². The highest BCUT2D eigenvalue weighted by molar-refractivity contribution is 5.84. The van der Waals surface area contributed by atoms with Gasteiger partial charge in [0.2, 0.25) is 5.65 Å². The smallest absolute Gasteiger partial charge is 0.332 e. The van der Waals surface area contributed by atoms with E-state index in [1.165, 1.54) is 10.7 Å². The molecule has 6 nitrogen and oxygen atoms in total. The van der Waals surface area contributed by atoms with Crippen LogP contribution in [-0.4, -0.2) is 63.1 Å². The van der Waals surface area contributed by atoms with Gasteiger partial charge >= 0.3 is 12.3 Å². The van der Waals surface area contributed by atoms with Crippen molar-refractivity contribution in [3.8, 4) is 0 Å². The topological polar surface area (TPSA) is 49.6 Å². The first-order valence-corrected chi connectivity index (χ1v) is 9.34. The Kier molecular flexibility index (Phi) is 4.12. The van der Waals surface area contributed by atoms with E-state index in [4.69, 9.17) is 0 Å². The highest BCUT2D eigenvalue weighted by Crippen LogP contribution is 2.37. The molecule has 0 bridgehead atoms. The number of anilines is 1.